The van der Waals surface area contributed by atoms with E-state index in [1.54, 1.807) is 17.8 Å². The number of piperidine rings is 1. The molecule has 3 aromatic heterocycles. The Morgan fingerprint density at radius 3 is 2.93 bits per heavy atom. The number of amides is 2. The number of carboxylic acids is 1. The predicted molar refractivity (Wildman–Crippen MR) is 164 cm³/mol. The molecule has 5 heterocycles. The maximum atomic E-state index is 13.3. The molecule has 0 saturated carbocycles. The topological polar surface area (TPSA) is 161 Å². The number of nitrogens with one attached hydrogen (secondary N) is 4. The van der Waals surface area contributed by atoms with Gasteiger partial charge in [-0.3, -0.25) is 10.1 Å². The summed E-state index contributed by atoms with van der Waals surface area (Å²) in [6.45, 7) is 5.14. The SMILES string of the molecule is CCCC1(C(=O)O)CCNCC1C1(NC(=O)NCC)N=CC=CN1c1cc(-c2ncnc3[nH]ccc23)c2scnc2c1. The van der Waals surface area contributed by atoms with Crippen LogP contribution in [0.25, 0.3) is 32.5 Å². The van der Waals surface area contributed by atoms with Crippen molar-refractivity contribution in [1.29, 1.82) is 0 Å². The van der Waals surface area contributed by atoms with Crippen LogP contribution in [0.4, 0.5) is 10.5 Å². The summed E-state index contributed by atoms with van der Waals surface area (Å²) in [7, 11) is 0. The number of H-pyrrole nitrogens is 1. The van der Waals surface area contributed by atoms with E-state index in [0.717, 1.165) is 32.5 Å². The molecule has 2 aliphatic heterocycles. The normalized spacial score (nSPS) is 23.9. The average Bonchev–Trinajstić information content (AvgIpc) is 3.67. The molecular weight excluding hydrogens is 554 g/mol. The fraction of sp³-hybridized carbons (Fsp3) is 0.379. The Morgan fingerprint density at radius 1 is 1.24 bits per heavy atom. The fourth-order valence-electron chi connectivity index (χ4n) is 6.47. The molecule has 0 radical (unpaired) electrons. The summed E-state index contributed by atoms with van der Waals surface area (Å²) >= 11 is 1.52. The summed E-state index contributed by atoms with van der Waals surface area (Å²) < 4.78 is 0.955. The van der Waals surface area contributed by atoms with E-state index >= 15 is 0 Å². The number of benzene rings is 1. The lowest BCUT2D eigenvalue weighted by molar-refractivity contribution is -0.158. The quantitative estimate of drug-likeness (QED) is 0.206. The minimum atomic E-state index is -1.45. The van der Waals surface area contributed by atoms with Crippen molar-refractivity contribution in [1.82, 2.24) is 35.9 Å². The largest absolute Gasteiger partial charge is 0.481 e. The Labute approximate surface area is 246 Å². The Morgan fingerprint density at radius 2 is 2.12 bits per heavy atom. The third-order valence-corrected chi connectivity index (χ3v) is 9.15. The Balaban J connectivity index is 1.58. The zero-order chi connectivity index (χ0) is 29.3. The minimum absolute atomic E-state index is 0.349. The first-order chi connectivity index (χ1) is 20.4. The van der Waals surface area contributed by atoms with Crippen LogP contribution in [0.1, 0.15) is 33.1 Å². The fourth-order valence-corrected chi connectivity index (χ4v) is 7.26. The molecule has 0 bridgehead atoms. The molecule has 13 heteroatoms. The molecule has 3 unspecified atom stereocenters. The summed E-state index contributed by atoms with van der Waals surface area (Å²) in [5.41, 5.74) is 4.43. The second kappa shape index (κ2) is 11.1. The third kappa shape index (κ3) is 4.49. The monoisotopic (exact) mass is 587 g/mol. The number of anilines is 1. The standard InChI is InChI=1S/C29H33N9O3S/c1-3-7-28(26(39)40)8-11-30-15-22(28)29(37-27(41)31-4-2)36-9-5-12-38(29)18-13-20(24-21(14-18)35-17-42-24)23-19-6-10-32-25(19)34-16-33-23/h5-6,9-10,12-14,16-17,22,30H,3-4,7-8,11,15H2,1-2H3,(H,39,40)(H2,31,37,41)(H,32,33,34). The number of aliphatic imine (C=N–C) groups is 1. The van der Waals surface area contributed by atoms with Crippen molar-refractivity contribution in [2.24, 2.45) is 16.3 Å². The molecule has 6 rings (SSSR count). The average molecular weight is 588 g/mol. The van der Waals surface area contributed by atoms with Gasteiger partial charge >= 0.3 is 12.0 Å². The zero-order valence-corrected chi connectivity index (χ0v) is 24.2. The van der Waals surface area contributed by atoms with Crippen LogP contribution in [0.15, 0.2) is 53.5 Å². The van der Waals surface area contributed by atoms with Crippen LogP contribution in [0.2, 0.25) is 0 Å². The number of hydrogen-bond donors (Lipinski definition) is 5. The molecule has 1 fully saturated rings. The molecular formula is C29H33N9O3S. The van der Waals surface area contributed by atoms with Crippen molar-refractivity contribution in [3.05, 3.63) is 48.5 Å². The second-order valence-electron chi connectivity index (χ2n) is 10.6. The maximum Gasteiger partial charge on any atom is 0.318 e. The molecule has 0 aliphatic carbocycles. The van der Waals surface area contributed by atoms with E-state index in [1.807, 2.05) is 49.3 Å². The highest BCUT2D eigenvalue weighted by Crippen LogP contribution is 2.49. The maximum absolute atomic E-state index is 13.3. The van der Waals surface area contributed by atoms with Gasteiger partial charge in [-0.15, -0.1) is 11.3 Å². The summed E-state index contributed by atoms with van der Waals surface area (Å²) in [6.07, 6.45) is 10.2. The smallest absolute Gasteiger partial charge is 0.318 e. The van der Waals surface area contributed by atoms with Gasteiger partial charge in [0.2, 0.25) is 5.79 Å². The molecule has 218 valence electrons. The number of thiazole rings is 1. The molecule has 3 atom stereocenters. The molecule has 1 saturated heterocycles. The summed E-state index contributed by atoms with van der Waals surface area (Å²) in [6, 6.07) is 5.46. The zero-order valence-electron chi connectivity index (χ0n) is 23.4. The lowest BCUT2D eigenvalue weighted by Gasteiger charge is -2.54. The van der Waals surface area contributed by atoms with Crippen LogP contribution in [0.3, 0.4) is 0 Å². The van der Waals surface area contributed by atoms with E-state index in [-0.39, 0.29) is 0 Å². The highest BCUT2D eigenvalue weighted by molar-refractivity contribution is 7.17. The number of carbonyl (C=O) groups excluding carboxylic acids is 1. The van der Waals surface area contributed by atoms with Crippen molar-refractivity contribution in [2.75, 3.05) is 24.5 Å². The van der Waals surface area contributed by atoms with E-state index in [4.69, 9.17) is 4.99 Å². The Hall–Kier alpha value is -4.36. The molecule has 2 aliphatic rings. The van der Waals surface area contributed by atoms with E-state index in [0.29, 0.717) is 44.6 Å². The van der Waals surface area contributed by atoms with Gasteiger partial charge in [0.05, 0.1) is 32.8 Å². The van der Waals surface area contributed by atoms with Crippen molar-refractivity contribution in [2.45, 2.75) is 38.9 Å². The van der Waals surface area contributed by atoms with Gasteiger partial charge in [0.25, 0.3) is 0 Å². The van der Waals surface area contributed by atoms with Crippen LogP contribution in [0, 0.1) is 11.3 Å². The number of carboxylic acid groups (broad SMARTS) is 1. The van der Waals surface area contributed by atoms with Gasteiger partial charge in [-0.25, -0.2) is 24.7 Å². The second-order valence-corrected chi connectivity index (χ2v) is 11.4. The van der Waals surface area contributed by atoms with E-state index in [9.17, 15) is 14.7 Å². The number of urea groups is 1. The number of aromatic amines is 1. The lowest BCUT2D eigenvalue weighted by atomic mass is 9.64. The summed E-state index contributed by atoms with van der Waals surface area (Å²) in [5.74, 6) is -2.96. The van der Waals surface area contributed by atoms with Gasteiger partial charge < -0.3 is 25.6 Å². The Bertz CT molecular complexity index is 1690. The van der Waals surface area contributed by atoms with Gasteiger partial charge in [-0.05, 0) is 50.6 Å². The Kier molecular flexibility index (Phi) is 7.37. The molecule has 4 aromatic rings. The van der Waals surface area contributed by atoms with Crippen molar-refractivity contribution in [3.8, 4) is 11.3 Å². The number of carbonyl (C=O) groups is 2. The lowest BCUT2D eigenvalue weighted by Crippen LogP contribution is -2.71. The predicted octanol–water partition coefficient (Wildman–Crippen LogP) is 4.09. The van der Waals surface area contributed by atoms with Crippen molar-refractivity contribution in [3.63, 3.8) is 0 Å². The van der Waals surface area contributed by atoms with Crippen LogP contribution in [-0.2, 0) is 4.79 Å². The summed E-state index contributed by atoms with van der Waals surface area (Å²) in [5, 5.41) is 21.0. The van der Waals surface area contributed by atoms with Crippen LogP contribution >= 0.6 is 11.3 Å². The molecule has 42 heavy (non-hydrogen) atoms. The molecule has 2 amide bonds. The van der Waals surface area contributed by atoms with Crippen LogP contribution in [-0.4, -0.2) is 68.7 Å². The number of aliphatic carboxylic acids is 1. The first-order valence-electron chi connectivity index (χ1n) is 14.1. The van der Waals surface area contributed by atoms with Gasteiger partial charge in [0, 0.05) is 48.3 Å². The number of hydrogen-bond acceptors (Lipinski definition) is 9. The third-order valence-electron chi connectivity index (χ3n) is 8.27. The molecule has 5 N–H and O–H groups in total. The van der Waals surface area contributed by atoms with Gasteiger partial charge in [0.1, 0.15) is 12.0 Å². The van der Waals surface area contributed by atoms with Crippen molar-refractivity contribution >= 4 is 56.5 Å². The van der Waals surface area contributed by atoms with E-state index < -0.39 is 29.1 Å². The van der Waals surface area contributed by atoms with Crippen molar-refractivity contribution < 1.29 is 14.7 Å². The van der Waals surface area contributed by atoms with Gasteiger partial charge in [0.15, 0.2) is 0 Å². The number of rotatable bonds is 8. The number of allylic oxidation sites excluding steroid dienone is 1. The number of fused-ring (bicyclic) bond motifs is 2. The van der Waals surface area contributed by atoms with Gasteiger partial charge in [-0.2, -0.15) is 0 Å². The van der Waals surface area contributed by atoms with Gasteiger partial charge in [-0.1, -0.05) is 13.3 Å². The minimum Gasteiger partial charge on any atom is -0.481 e. The molecule has 0 spiro atoms. The first kappa shape index (κ1) is 27.8. The van der Waals surface area contributed by atoms with E-state index in [2.05, 4.69) is 35.9 Å². The molecule has 1 aromatic carbocycles. The van der Waals surface area contributed by atoms with E-state index in [1.165, 1.54) is 17.7 Å². The van der Waals surface area contributed by atoms with Crippen LogP contribution in [0.5, 0.6) is 0 Å². The highest BCUT2D eigenvalue weighted by atomic mass is 32.1. The number of aromatic nitrogens is 4. The number of nitrogens with zero attached hydrogens (tertiary/aromatic N) is 5. The summed E-state index contributed by atoms with van der Waals surface area (Å²) in [4.78, 5) is 50.0. The highest BCUT2D eigenvalue weighted by Gasteiger charge is 2.59. The van der Waals surface area contributed by atoms with Crippen LogP contribution < -0.4 is 20.9 Å². The molecule has 12 nitrogen and oxygen atoms in total. The first-order valence-corrected chi connectivity index (χ1v) is 15.0.